The first kappa shape index (κ1) is 12.0. The van der Waals surface area contributed by atoms with Gasteiger partial charge in [-0.1, -0.05) is 6.07 Å². The van der Waals surface area contributed by atoms with Gasteiger partial charge < -0.3 is 10.6 Å². The van der Waals surface area contributed by atoms with Crippen LogP contribution in [0.15, 0.2) is 22.7 Å². The third-order valence-electron chi connectivity index (χ3n) is 2.12. The SMILES string of the molecule is CN(CCC#N)Cc1ccc(Br)c(N)c1. The number of nitriles is 1. The Morgan fingerprint density at radius 2 is 2.27 bits per heavy atom. The van der Waals surface area contributed by atoms with Crippen molar-refractivity contribution in [1.82, 2.24) is 4.90 Å². The Morgan fingerprint density at radius 1 is 1.53 bits per heavy atom. The van der Waals surface area contributed by atoms with E-state index in [2.05, 4.69) is 26.9 Å². The first-order chi connectivity index (χ1) is 7.13. The molecular formula is C11H14BrN3. The number of rotatable bonds is 4. The average molecular weight is 268 g/mol. The van der Waals surface area contributed by atoms with Crippen LogP contribution in [0.5, 0.6) is 0 Å². The van der Waals surface area contributed by atoms with Crippen molar-refractivity contribution in [2.24, 2.45) is 0 Å². The van der Waals surface area contributed by atoms with E-state index in [1.807, 2.05) is 25.2 Å². The molecule has 15 heavy (non-hydrogen) atoms. The third kappa shape index (κ3) is 3.90. The zero-order valence-corrected chi connectivity index (χ0v) is 10.3. The molecule has 1 aromatic carbocycles. The molecule has 0 heterocycles. The second-order valence-corrected chi connectivity index (χ2v) is 4.36. The van der Waals surface area contributed by atoms with Crippen molar-refractivity contribution in [1.29, 1.82) is 5.26 Å². The number of nitrogens with two attached hydrogens (primary N) is 1. The van der Waals surface area contributed by atoms with E-state index in [0.717, 1.165) is 28.8 Å². The van der Waals surface area contributed by atoms with Crippen LogP contribution in [0.1, 0.15) is 12.0 Å². The molecule has 0 spiro atoms. The summed E-state index contributed by atoms with van der Waals surface area (Å²) in [5.41, 5.74) is 7.69. The van der Waals surface area contributed by atoms with E-state index in [0.29, 0.717) is 6.42 Å². The monoisotopic (exact) mass is 267 g/mol. The van der Waals surface area contributed by atoms with Gasteiger partial charge in [-0.15, -0.1) is 0 Å². The number of nitrogens with zero attached hydrogens (tertiary/aromatic N) is 2. The lowest BCUT2D eigenvalue weighted by Gasteiger charge is -2.15. The topological polar surface area (TPSA) is 53.0 Å². The maximum absolute atomic E-state index is 8.46. The Hall–Kier alpha value is -1.05. The van der Waals surface area contributed by atoms with Crippen molar-refractivity contribution in [3.05, 3.63) is 28.2 Å². The zero-order valence-electron chi connectivity index (χ0n) is 8.70. The predicted octanol–water partition coefficient (Wildman–Crippen LogP) is 2.38. The zero-order chi connectivity index (χ0) is 11.3. The van der Waals surface area contributed by atoms with Gasteiger partial charge in [0, 0.05) is 29.7 Å². The smallest absolute Gasteiger partial charge is 0.0635 e. The first-order valence-corrected chi connectivity index (χ1v) is 5.52. The fourth-order valence-corrected chi connectivity index (χ4v) is 1.57. The summed E-state index contributed by atoms with van der Waals surface area (Å²) >= 11 is 3.36. The van der Waals surface area contributed by atoms with Crippen LogP contribution in [-0.2, 0) is 6.54 Å². The molecule has 0 saturated carbocycles. The maximum Gasteiger partial charge on any atom is 0.0635 e. The van der Waals surface area contributed by atoms with Gasteiger partial charge in [0.25, 0.3) is 0 Å². The van der Waals surface area contributed by atoms with Gasteiger partial charge in [-0.25, -0.2) is 0 Å². The summed E-state index contributed by atoms with van der Waals surface area (Å²) in [5, 5.41) is 8.46. The maximum atomic E-state index is 8.46. The molecule has 0 saturated heterocycles. The highest BCUT2D eigenvalue weighted by atomic mass is 79.9. The fourth-order valence-electron chi connectivity index (χ4n) is 1.32. The van der Waals surface area contributed by atoms with E-state index >= 15 is 0 Å². The lowest BCUT2D eigenvalue weighted by molar-refractivity contribution is 0.335. The molecule has 0 radical (unpaired) electrons. The van der Waals surface area contributed by atoms with E-state index in [-0.39, 0.29) is 0 Å². The average Bonchev–Trinajstić information content (AvgIpc) is 2.20. The Kier molecular flexibility index (Phi) is 4.60. The second kappa shape index (κ2) is 5.74. The van der Waals surface area contributed by atoms with Gasteiger partial charge in [0.1, 0.15) is 0 Å². The number of anilines is 1. The van der Waals surface area contributed by atoms with Gasteiger partial charge in [0.05, 0.1) is 6.07 Å². The number of hydrogen-bond acceptors (Lipinski definition) is 3. The van der Waals surface area contributed by atoms with Gasteiger partial charge in [-0.05, 0) is 40.7 Å². The molecule has 0 aliphatic heterocycles. The number of nitrogen functional groups attached to an aromatic ring is 1. The van der Waals surface area contributed by atoms with Gasteiger partial charge >= 0.3 is 0 Å². The molecular weight excluding hydrogens is 254 g/mol. The normalized spacial score (nSPS) is 10.3. The Morgan fingerprint density at radius 3 is 2.87 bits per heavy atom. The van der Waals surface area contributed by atoms with Gasteiger partial charge in [0.2, 0.25) is 0 Å². The van der Waals surface area contributed by atoms with Crippen molar-refractivity contribution in [2.45, 2.75) is 13.0 Å². The highest BCUT2D eigenvalue weighted by molar-refractivity contribution is 9.10. The third-order valence-corrected chi connectivity index (χ3v) is 2.84. The molecule has 1 aromatic rings. The fraction of sp³-hybridized carbons (Fsp3) is 0.364. The molecule has 0 atom stereocenters. The first-order valence-electron chi connectivity index (χ1n) is 4.73. The largest absolute Gasteiger partial charge is 0.398 e. The summed E-state index contributed by atoms with van der Waals surface area (Å²) < 4.78 is 0.922. The molecule has 0 fully saturated rings. The van der Waals surface area contributed by atoms with Crippen LogP contribution in [0.25, 0.3) is 0 Å². The van der Waals surface area contributed by atoms with E-state index in [1.165, 1.54) is 0 Å². The molecule has 4 heteroatoms. The van der Waals surface area contributed by atoms with Crippen LogP contribution in [0.4, 0.5) is 5.69 Å². The Bertz CT molecular complexity index is 371. The molecule has 0 aliphatic carbocycles. The van der Waals surface area contributed by atoms with Gasteiger partial charge in [-0.3, -0.25) is 0 Å². The van der Waals surface area contributed by atoms with Crippen molar-refractivity contribution in [3.8, 4) is 6.07 Å². The summed E-state index contributed by atoms with van der Waals surface area (Å²) in [4.78, 5) is 2.10. The van der Waals surface area contributed by atoms with Crippen LogP contribution in [-0.4, -0.2) is 18.5 Å². The molecule has 1 rings (SSSR count). The molecule has 0 bridgehead atoms. The lowest BCUT2D eigenvalue weighted by Crippen LogP contribution is -2.18. The van der Waals surface area contributed by atoms with Crippen LogP contribution in [0.3, 0.4) is 0 Å². The minimum atomic E-state index is 0.558. The van der Waals surface area contributed by atoms with E-state index in [4.69, 9.17) is 11.0 Å². The highest BCUT2D eigenvalue weighted by Gasteiger charge is 2.02. The minimum absolute atomic E-state index is 0.558. The van der Waals surface area contributed by atoms with Crippen LogP contribution in [0, 0.1) is 11.3 Å². The van der Waals surface area contributed by atoms with Crippen LogP contribution in [0.2, 0.25) is 0 Å². The molecule has 0 amide bonds. The molecule has 0 aliphatic rings. The van der Waals surface area contributed by atoms with Crippen molar-refractivity contribution in [2.75, 3.05) is 19.3 Å². The van der Waals surface area contributed by atoms with Crippen molar-refractivity contribution in [3.63, 3.8) is 0 Å². The summed E-state index contributed by atoms with van der Waals surface area (Å²) in [7, 11) is 2.00. The van der Waals surface area contributed by atoms with Crippen molar-refractivity contribution >= 4 is 21.6 Å². The van der Waals surface area contributed by atoms with Crippen LogP contribution < -0.4 is 5.73 Å². The second-order valence-electron chi connectivity index (χ2n) is 3.50. The molecule has 3 nitrogen and oxygen atoms in total. The summed E-state index contributed by atoms with van der Waals surface area (Å²) in [6.07, 6.45) is 0.558. The molecule has 0 aromatic heterocycles. The summed E-state index contributed by atoms with van der Waals surface area (Å²) in [6, 6.07) is 8.06. The van der Waals surface area contributed by atoms with Gasteiger partial charge in [-0.2, -0.15) is 5.26 Å². The van der Waals surface area contributed by atoms with Crippen LogP contribution >= 0.6 is 15.9 Å². The van der Waals surface area contributed by atoms with Gasteiger partial charge in [0.15, 0.2) is 0 Å². The number of halogens is 1. The molecule has 0 unspecified atom stereocenters. The highest BCUT2D eigenvalue weighted by Crippen LogP contribution is 2.20. The number of benzene rings is 1. The number of hydrogen-bond donors (Lipinski definition) is 1. The van der Waals surface area contributed by atoms with Crippen molar-refractivity contribution < 1.29 is 0 Å². The Labute approximate surface area is 98.6 Å². The predicted molar refractivity (Wildman–Crippen MR) is 65.1 cm³/mol. The minimum Gasteiger partial charge on any atom is -0.398 e. The molecule has 80 valence electrons. The summed E-state index contributed by atoms with van der Waals surface area (Å²) in [5.74, 6) is 0. The molecule has 2 N–H and O–H groups in total. The van der Waals surface area contributed by atoms with E-state index < -0.39 is 0 Å². The quantitative estimate of drug-likeness (QED) is 0.853. The lowest BCUT2D eigenvalue weighted by atomic mass is 10.2. The van der Waals surface area contributed by atoms with E-state index in [1.54, 1.807) is 0 Å². The summed E-state index contributed by atoms with van der Waals surface area (Å²) in [6.45, 7) is 1.60. The van der Waals surface area contributed by atoms with E-state index in [9.17, 15) is 0 Å². The Balaban J connectivity index is 2.57. The standard InChI is InChI=1S/C11H14BrN3/c1-15(6-2-5-13)8-9-3-4-10(12)11(14)7-9/h3-4,7H,2,6,8,14H2,1H3.